The molecule has 32 heavy (non-hydrogen) atoms. The number of pyridine rings is 1. The van der Waals surface area contributed by atoms with Crippen LogP contribution in [0.4, 0.5) is 0 Å². The number of carbonyl (C=O) groups is 1. The van der Waals surface area contributed by atoms with E-state index in [2.05, 4.69) is 41.6 Å². The van der Waals surface area contributed by atoms with E-state index in [9.17, 15) is 4.79 Å². The second kappa shape index (κ2) is 10.5. The first-order valence-corrected chi connectivity index (χ1v) is 11.6. The topological polar surface area (TPSA) is 85.1 Å². The first kappa shape index (κ1) is 22.2. The standard InChI is InChI=1S/C22H16BrClN6OS/c23-17-3-7-19(8-4-17)30-21(16-9-11-25-12-10-16)28-29-22(30)32-14-20(31)27-26-13-15-1-5-18(24)6-2-15/h1-13H,14H2,(H,27,31)/b26-13+. The van der Waals surface area contributed by atoms with Gasteiger partial charge in [-0.15, -0.1) is 10.2 Å². The van der Waals surface area contributed by atoms with Gasteiger partial charge in [0.25, 0.3) is 5.91 Å². The number of benzene rings is 2. The van der Waals surface area contributed by atoms with E-state index >= 15 is 0 Å². The Kier molecular flexibility index (Phi) is 7.31. The molecule has 2 aromatic carbocycles. The number of hydrogen-bond acceptors (Lipinski definition) is 6. The van der Waals surface area contributed by atoms with Crippen LogP contribution < -0.4 is 5.43 Å². The molecule has 10 heteroatoms. The average Bonchev–Trinajstić information content (AvgIpc) is 3.24. The van der Waals surface area contributed by atoms with Crippen LogP contribution in [0.3, 0.4) is 0 Å². The van der Waals surface area contributed by atoms with Gasteiger partial charge in [0, 0.05) is 33.1 Å². The Hall–Kier alpha value is -3.01. The van der Waals surface area contributed by atoms with Gasteiger partial charge in [0.05, 0.1) is 12.0 Å². The second-order valence-corrected chi connectivity index (χ2v) is 8.78. The molecule has 0 bridgehead atoms. The summed E-state index contributed by atoms with van der Waals surface area (Å²) in [6.45, 7) is 0. The molecule has 1 amide bonds. The second-order valence-electron chi connectivity index (χ2n) is 6.49. The molecule has 2 heterocycles. The molecule has 4 rings (SSSR count). The molecule has 0 saturated carbocycles. The van der Waals surface area contributed by atoms with Crippen molar-refractivity contribution in [2.75, 3.05) is 5.75 Å². The molecule has 0 radical (unpaired) electrons. The lowest BCUT2D eigenvalue weighted by Crippen LogP contribution is -2.20. The van der Waals surface area contributed by atoms with Crippen molar-refractivity contribution in [3.05, 3.63) is 88.1 Å². The van der Waals surface area contributed by atoms with Crippen molar-refractivity contribution < 1.29 is 4.79 Å². The minimum absolute atomic E-state index is 0.128. The number of thioether (sulfide) groups is 1. The summed E-state index contributed by atoms with van der Waals surface area (Å²) >= 11 is 10.6. The molecule has 0 unspecified atom stereocenters. The van der Waals surface area contributed by atoms with Gasteiger partial charge in [-0.1, -0.05) is 51.4 Å². The molecule has 2 aromatic heterocycles. The summed E-state index contributed by atoms with van der Waals surface area (Å²) in [6, 6.07) is 18.7. The summed E-state index contributed by atoms with van der Waals surface area (Å²) in [5.74, 6) is 0.539. The smallest absolute Gasteiger partial charge is 0.250 e. The predicted octanol–water partition coefficient (Wildman–Crippen LogP) is 4.99. The first-order valence-electron chi connectivity index (χ1n) is 9.42. The fourth-order valence-electron chi connectivity index (χ4n) is 2.76. The van der Waals surface area contributed by atoms with Gasteiger partial charge in [-0.05, 0) is 54.1 Å². The molecule has 0 aliphatic heterocycles. The summed E-state index contributed by atoms with van der Waals surface area (Å²) in [4.78, 5) is 16.4. The molecule has 0 atom stereocenters. The van der Waals surface area contributed by atoms with Crippen molar-refractivity contribution in [3.8, 4) is 17.1 Å². The van der Waals surface area contributed by atoms with Gasteiger partial charge in [-0.25, -0.2) is 5.43 Å². The van der Waals surface area contributed by atoms with Gasteiger partial charge in [0.2, 0.25) is 0 Å². The van der Waals surface area contributed by atoms with Crippen molar-refractivity contribution in [3.63, 3.8) is 0 Å². The monoisotopic (exact) mass is 526 g/mol. The largest absolute Gasteiger partial charge is 0.272 e. The van der Waals surface area contributed by atoms with E-state index in [1.165, 1.54) is 11.8 Å². The third-order valence-electron chi connectivity index (χ3n) is 4.26. The zero-order valence-corrected chi connectivity index (χ0v) is 19.7. The Morgan fingerprint density at radius 3 is 2.50 bits per heavy atom. The summed E-state index contributed by atoms with van der Waals surface area (Å²) in [7, 11) is 0. The third kappa shape index (κ3) is 5.61. The highest BCUT2D eigenvalue weighted by molar-refractivity contribution is 9.10. The minimum Gasteiger partial charge on any atom is -0.272 e. The molecule has 0 saturated heterocycles. The SMILES string of the molecule is O=C(CSc1nnc(-c2ccncc2)n1-c1ccc(Br)cc1)N/N=C/c1ccc(Cl)cc1. The lowest BCUT2D eigenvalue weighted by Gasteiger charge is -2.10. The zero-order valence-electron chi connectivity index (χ0n) is 16.5. The Labute approximate surface area is 202 Å². The number of aromatic nitrogens is 4. The van der Waals surface area contributed by atoms with E-state index in [4.69, 9.17) is 11.6 Å². The van der Waals surface area contributed by atoms with E-state index < -0.39 is 0 Å². The van der Waals surface area contributed by atoms with Crippen molar-refractivity contribution in [2.45, 2.75) is 5.16 Å². The highest BCUT2D eigenvalue weighted by Crippen LogP contribution is 2.28. The van der Waals surface area contributed by atoms with Crippen LogP contribution >= 0.6 is 39.3 Å². The van der Waals surface area contributed by atoms with E-state index in [0.29, 0.717) is 16.0 Å². The van der Waals surface area contributed by atoms with Crippen LogP contribution in [0.25, 0.3) is 17.1 Å². The Morgan fingerprint density at radius 2 is 1.78 bits per heavy atom. The van der Waals surface area contributed by atoms with Crippen molar-refractivity contribution >= 4 is 51.4 Å². The van der Waals surface area contributed by atoms with Crippen LogP contribution in [-0.4, -0.2) is 37.6 Å². The predicted molar refractivity (Wildman–Crippen MR) is 130 cm³/mol. The summed E-state index contributed by atoms with van der Waals surface area (Å²) in [5.41, 5.74) is 5.12. The average molecular weight is 528 g/mol. The van der Waals surface area contributed by atoms with Crippen LogP contribution in [0.1, 0.15) is 5.56 Å². The fourth-order valence-corrected chi connectivity index (χ4v) is 3.90. The van der Waals surface area contributed by atoms with Gasteiger partial charge < -0.3 is 0 Å². The van der Waals surface area contributed by atoms with Gasteiger partial charge in [-0.3, -0.25) is 14.3 Å². The maximum absolute atomic E-state index is 12.3. The maximum Gasteiger partial charge on any atom is 0.250 e. The van der Waals surface area contributed by atoms with E-state index in [1.807, 2.05) is 53.1 Å². The molecule has 160 valence electrons. The number of hydrogen-bond donors (Lipinski definition) is 1. The van der Waals surface area contributed by atoms with Crippen LogP contribution in [0.2, 0.25) is 5.02 Å². The number of amides is 1. The van der Waals surface area contributed by atoms with E-state index in [1.54, 1.807) is 30.7 Å². The number of nitrogens with one attached hydrogen (secondary N) is 1. The Bertz CT molecular complexity index is 1230. The maximum atomic E-state index is 12.3. The number of hydrazone groups is 1. The van der Waals surface area contributed by atoms with E-state index in [-0.39, 0.29) is 11.7 Å². The van der Waals surface area contributed by atoms with Crippen molar-refractivity contribution in [1.82, 2.24) is 25.2 Å². The Morgan fingerprint density at radius 1 is 1.06 bits per heavy atom. The quantitative estimate of drug-likeness (QED) is 0.208. The number of halogens is 2. The molecule has 0 spiro atoms. The van der Waals surface area contributed by atoms with Gasteiger partial charge >= 0.3 is 0 Å². The van der Waals surface area contributed by atoms with Gasteiger partial charge in [-0.2, -0.15) is 5.10 Å². The zero-order chi connectivity index (χ0) is 22.3. The molecule has 4 aromatic rings. The van der Waals surface area contributed by atoms with Gasteiger partial charge in [0.15, 0.2) is 11.0 Å². The fraction of sp³-hybridized carbons (Fsp3) is 0.0455. The Balaban J connectivity index is 1.49. The van der Waals surface area contributed by atoms with Crippen LogP contribution in [-0.2, 0) is 4.79 Å². The van der Waals surface area contributed by atoms with Gasteiger partial charge in [0.1, 0.15) is 0 Å². The summed E-state index contributed by atoms with van der Waals surface area (Å²) in [5, 5.41) is 13.9. The number of nitrogens with zero attached hydrogens (tertiary/aromatic N) is 5. The number of carbonyl (C=O) groups excluding carboxylic acids is 1. The molecule has 0 fully saturated rings. The van der Waals surface area contributed by atoms with Crippen molar-refractivity contribution in [1.29, 1.82) is 0 Å². The van der Waals surface area contributed by atoms with Crippen LogP contribution in [0.15, 0.2) is 87.8 Å². The summed E-state index contributed by atoms with van der Waals surface area (Å²) < 4.78 is 2.88. The third-order valence-corrected chi connectivity index (χ3v) is 5.97. The van der Waals surface area contributed by atoms with Crippen LogP contribution in [0.5, 0.6) is 0 Å². The molecule has 1 N–H and O–H groups in total. The summed E-state index contributed by atoms with van der Waals surface area (Å²) in [6.07, 6.45) is 4.97. The van der Waals surface area contributed by atoms with E-state index in [0.717, 1.165) is 21.3 Å². The molecule has 0 aliphatic carbocycles. The van der Waals surface area contributed by atoms with Crippen molar-refractivity contribution in [2.24, 2.45) is 5.10 Å². The first-order chi connectivity index (χ1) is 15.6. The minimum atomic E-state index is -0.254. The molecular formula is C22H16BrClN6OS. The number of rotatable bonds is 7. The lowest BCUT2D eigenvalue weighted by molar-refractivity contribution is -0.118. The highest BCUT2D eigenvalue weighted by atomic mass is 79.9. The highest BCUT2D eigenvalue weighted by Gasteiger charge is 2.17. The molecule has 0 aliphatic rings. The lowest BCUT2D eigenvalue weighted by atomic mass is 10.2. The van der Waals surface area contributed by atoms with Crippen LogP contribution in [0, 0.1) is 0 Å². The molecular weight excluding hydrogens is 512 g/mol. The normalized spacial score (nSPS) is 11.1. The molecule has 7 nitrogen and oxygen atoms in total.